The number of aromatic nitrogens is 1. The van der Waals surface area contributed by atoms with Gasteiger partial charge < -0.3 is 9.30 Å². The fourth-order valence-electron chi connectivity index (χ4n) is 3.51. The van der Waals surface area contributed by atoms with Crippen LogP contribution in [0, 0.1) is 6.92 Å². The van der Waals surface area contributed by atoms with Crippen LogP contribution in [0.3, 0.4) is 0 Å². The molecule has 31 heavy (non-hydrogen) atoms. The minimum atomic E-state index is -0.537. The molecule has 3 aromatic rings. The summed E-state index contributed by atoms with van der Waals surface area (Å²) in [4.78, 5) is 26.9. The van der Waals surface area contributed by atoms with E-state index in [1.165, 1.54) is 4.90 Å². The van der Waals surface area contributed by atoms with Crippen molar-refractivity contribution in [2.45, 2.75) is 6.92 Å². The molecule has 4 rings (SSSR count). The molecule has 0 aliphatic carbocycles. The molecule has 0 radical (unpaired) electrons. The summed E-state index contributed by atoms with van der Waals surface area (Å²) in [6, 6.07) is 15.4. The highest BCUT2D eigenvalue weighted by Gasteiger charge is 2.33. The maximum atomic E-state index is 13.0. The minimum Gasteiger partial charge on any atom is -0.440 e. The van der Waals surface area contributed by atoms with E-state index in [4.69, 9.17) is 17.0 Å². The highest BCUT2D eigenvalue weighted by atomic mass is 32.1. The molecule has 0 spiro atoms. The van der Waals surface area contributed by atoms with Crippen LogP contribution in [0.4, 0.5) is 0 Å². The summed E-state index contributed by atoms with van der Waals surface area (Å²) in [5.41, 5.74) is 2.66. The number of para-hydroxylation sites is 1. The number of amides is 2. The zero-order valence-electron chi connectivity index (χ0n) is 17.2. The lowest BCUT2D eigenvalue weighted by Crippen LogP contribution is -2.53. The van der Waals surface area contributed by atoms with E-state index in [9.17, 15) is 9.59 Å². The molecule has 6 nitrogen and oxygen atoms in total. The first-order valence-corrected chi connectivity index (χ1v) is 10.1. The maximum Gasteiger partial charge on any atom is 0.265 e. The molecule has 2 heterocycles. The molecule has 0 atom stereocenters. The zero-order valence-corrected chi connectivity index (χ0v) is 18.0. The number of rotatable bonds is 5. The minimum absolute atomic E-state index is 0.0134. The molecular weight excluding hydrogens is 410 g/mol. The molecule has 0 saturated carbocycles. The molecule has 2 aromatic carbocycles. The quantitative estimate of drug-likeness (QED) is 0.286. The van der Waals surface area contributed by atoms with Gasteiger partial charge in [0.25, 0.3) is 11.8 Å². The number of carbonyl (C=O) groups excluding carboxylic acids is 2. The van der Waals surface area contributed by atoms with E-state index in [2.05, 4.69) is 11.9 Å². The molecule has 7 heteroatoms. The van der Waals surface area contributed by atoms with Gasteiger partial charge in [-0.25, -0.2) is 0 Å². The number of carbonyl (C=O) groups is 2. The number of hydrogen-bond acceptors (Lipinski definition) is 4. The van der Waals surface area contributed by atoms with Crippen LogP contribution in [0.2, 0.25) is 0 Å². The van der Waals surface area contributed by atoms with E-state index >= 15 is 0 Å². The largest absolute Gasteiger partial charge is 0.440 e. The Labute approximate surface area is 185 Å². The highest BCUT2D eigenvalue weighted by Crippen LogP contribution is 2.36. The molecule has 0 unspecified atom stereocenters. The maximum absolute atomic E-state index is 13.0. The van der Waals surface area contributed by atoms with E-state index in [0.717, 1.165) is 16.5 Å². The van der Waals surface area contributed by atoms with Crippen LogP contribution in [-0.2, 0) is 16.6 Å². The van der Waals surface area contributed by atoms with Crippen LogP contribution in [0.5, 0.6) is 11.6 Å². The lowest BCUT2D eigenvalue weighted by Gasteiger charge is -2.27. The number of ether oxygens (including phenoxy) is 1. The van der Waals surface area contributed by atoms with E-state index in [-0.39, 0.29) is 17.2 Å². The third-order valence-electron chi connectivity index (χ3n) is 5.11. The van der Waals surface area contributed by atoms with E-state index in [0.29, 0.717) is 17.2 Å². The van der Waals surface area contributed by atoms with Gasteiger partial charge in [0.15, 0.2) is 5.11 Å². The van der Waals surface area contributed by atoms with Gasteiger partial charge in [0.05, 0.1) is 5.52 Å². The molecule has 156 valence electrons. The second-order valence-corrected chi connectivity index (χ2v) is 7.62. The Kier molecular flexibility index (Phi) is 5.44. The Morgan fingerprint density at radius 1 is 1.13 bits per heavy atom. The standard InChI is InChI=1S/C24H21N3O3S/c1-4-13-27-22(29)19(21(28)25-24(27)31)14-18-17-7-5-6-8-20(17)26(3)23(18)30-16-11-9-15(2)10-12-16/h4-12,14H,1,13H2,2-3H3,(H,25,28,31). The van der Waals surface area contributed by atoms with Gasteiger partial charge in [0.2, 0.25) is 5.88 Å². The molecule has 0 bridgehead atoms. The van der Waals surface area contributed by atoms with Crippen molar-refractivity contribution >= 4 is 46.1 Å². The zero-order chi connectivity index (χ0) is 22.1. The average Bonchev–Trinajstić information content (AvgIpc) is 3.01. The number of fused-ring (bicyclic) bond motifs is 1. The second kappa shape index (κ2) is 8.20. The van der Waals surface area contributed by atoms with Gasteiger partial charge in [-0.1, -0.05) is 42.0 Å². The number of benzene rings is 2. The fraction of sp³-hybridized carbons (Fsp3) is 0.125. The molecule has 1 aromatic heterocycles. The van der Waals surface area contributed by atoms with E-state index in [1.807, 2.05) is 67.1 Å². The predicted octanol–water partition coefficient (Wildman–Crippen LogP) is 4.09. The first-order valence-electron chi connectivity index (χ1n) is 9.72. The number of hydrogen-bond donors (Lipinski definition) is 1. The summed E-state index contributed by atoms with van der Waals surface area (Å²) in [5, 5.41) is 3.51. The number of thiocarbonyl (C=S) groups is 1. The Balaban J connectivity index is 1.87. The van der Waals surface area contributed by atoms with Crippen molar-refractivity contribution in [2.75, 3.05) is 6.54 Å². The van der Waals surface area contributed by atoms with Gasteiger partial charge >= 0.3 is 0 Å². The van der Waals surface area contributed by atoms with Crippen LogP contribution in [-0.4, -0.2) is 32.9 Å². The van der Waals surface area contributed by atoms with Crippen LogP contribution >= 0.6 is 12.2 Å². The molecule has 1 fully saturated rings. The normalized spacial score (nSPS) is 15.5. The van der Waals surface area contributed by atoms with Crippen LogP contribution in [0.1, 0.15) is 11.1 Å². The summed E-state index contributed by atoms with van der Waals surface area (Å²) in [5.74, 6) is 0.180. The summed E-state index contributed by atoms with van der Waals surface area (Å²) < 4.78 is 8.11. The summed E-state index contributed by atoms with van der Waals surface area (Å²) in [6.07, 6.45) is 3.13. The lowest BCUT2D eigenvalue weighted by atomic mass is 10.1. The third kappa shape index (κ3) is 3.75. The molecule has 1 saturated heterocycles. The highest BCUT2D eigenvalue weighted by molar-refractivity contribution is 7.80. The second-order valence-electron chi connectivity index (χ2n) is 7.23. The van der Waals surface area contributed by atoms with E-state index in [1.54, 1.807) is 12.2 Å². The molecule has 2 amide bonds. The Bertz CT molecular complexity index is 1260. The van der Waals surface area contributed by atoms with Gasteiger partial charge in [-0.2, -0.15) is 0 Å². The topological polar surface area (TPSA) is 63.6 Å². The van der Waals surface area contributed by atoms with Crippen molar-refractivity contribution in [3.8, 4) is 11.6 Å². The summed E-state index contributed by atoms with van der Waals surface area (Å²) in [7, 11) is 1.88. The number of aryl methyl sites for hydroxylation is 2. The summed E-state index contributed by atoms with van der Waals surface area (Å²) in [6.45, 7) is 5.86. The van der Waals surface area contributed by atoms with Gasteiger partial charge in [-0.15, -0.1) is 6.58 Å². The smallest absolute Gasteiger partial charge is 0.265 e. The Morgan fingerprint density at radius 3 is 2.55 bits per heavy atom. The van der Waals surface area contributed by atoms with E-state index < -0.39 is 11.8 Å². The Hall–Kier alpha value is -3.71. The van der Waals surface area contributed by atoms with Gasteiger partial charge in [0, 0.05) is 24.5 Å². The fourth-order valence-corrected chi connectivity index (χ4v) is 3.76. The van der Waals surface area contributed by atoms with Crippen molar-refractivity contribution in [1.82, 2.24) is 14.8 Å². The Morgan fingerprint density at radius 2 is 1.84 bits per heavy atom. The van der Waals surface area contributed by atoms with Crippen molar-refractivity contribution < 1.29 is 14.3 Å². The number of nitrogens with one attached hydrogen (secondary N) is 1. The molecule has 1 aliphatic rings. The molecular formula is C24H21N3O3S. The van der Waals surface area contributed by atoms with Gasteiger partial charge in [-0.3, -0.25) is 19.8 Å². The monoisotopic (exact) mass is 431 g/mol. The van der Waals surface area contributed by atoms with Gasteiger partial charge in [-0.05, 0) is 43.4 Å². The van der Waals surface area contributed by atoms with Crippen molar-refractivity contribution in [2.24, 2.45) is 7.05 Å². The average molecular weight is 432 g/mol. The first-order chi connectivity index (χ1) is 14.9. The van der Waals surface area contributed by atoms with Crippen molar-refractivity contribution in [1.29, 1.82) is 0 Å². The third-order valence-corrected chi connectivity index (χ3v) is 5.43. The SMILES string of the molecule is C=CCN1C(=O)C(=Cc2c(Oc3ccc(C)cc3)n(C)c3ccccc23)C(=O)NC1=S. The van der Waals surface area contributed by atoms with Crippen LogP contribution in [0.25, 0.3) is 17.0 Å². The predicted molar refractivity (Wildman–Crippen MR) is 125 cm³/mol. The number of nitrogens with zero attached hydrogens (tertiary/aromatic N) is 2. The van der Waals surface area contributed by atoms with Crippen LogP contribution < -0.4 is 10.1 Å². The first kappa shape index (κ1) is 20.6. The van der Waals surface area contributed by atoms with Gasteiger partial charge in [0.1, 0.15) is 11.3 Å². The van der Waals surface area contributed by atoms with Crippen LogP contribution in [0.15, 0.2) is 66.8 Å². The molecule has 1 aliphatic heterocycles. The lowest BCUT2D eigenvalue weighted by molar-refractivity contribution is -0.128. The molecule has 1 N–H and O–H groups in total. The summed E-state index contributed by atoms with van der Waals surface area (Å²) >= 11 is 5.14. The van der Waals surface area contributed by atoms with Crippen molar-refractivity contribution in [3.63, 3.8) is 0 Å². The van der Waals surface area contributed by atoms with Crippen molar-refractivity contribution in [3.05, 3.63) is 77.9 Å².